The van der Waals surface area contributed by atoms with E-state index in [0.717, 1.165) is 5.75 Å². The first-order chi connectivity index (χ1) is 6.97. The molecule has 15 heavy (non-hydrogen) atoms. The Balaban J connectivity index is 0.000000195. The topological polar surface area (TPSA) is 89.6 Å². The van der Waals surface area contributed by atoms with E-state index in [9.17, 15) is 0 Å². The summed E-state index contributed by atoms with van der Waals surface area (Å²) < 4.78 is 30.5. The van der Waals surface area contributed by atoms with E-state index in [1.54, 1.807) is 0 Å². The van der Waals surface area contributed by atoms with Gasteiger partial charge in [-0.1, -0.05) is 24.3 Å². The molecule has 0 fully saturated rings. The molecule has 0 radical (unpaired) electrons. The third-order valence-electron chi connectivity index (χ3n) is 1.55. The van der Waals surface area contributed by atoms with E-state index in [1.165, 1.54) is 5.56 Å². The Bertz CT molecular complexity index is 445. The van der Waals surface area contributed by atoms with Crippen LogP contribution in [0.25, 0.3) is 6.08 Å². The van der Waals surface area contributed by atoms with Gasteiger partial charge in [0.25, 0.3) is 0 Å². The first kappa shape index (κ1) is 11.7. The van der Waals surface area contributed by atoms with E-state index >= 15 is 0 Å². The molecule has 0 unspecified atom stereocenters. The van der Waals surface area contributed by atoms with Crippen molar-refractivity contribution in [2.45, 2.75) is 0 Å². The van der Waals surface area contributed by atoms with Crippen LogP contribution in [0.5, 0.6) is 5.75 Å². The maximum absolute atomic E-state index is 8.97. The summed E-state index contributed by atoms with van der Waals surface area (Å²) in [6, 6.07) is 8.03. The van der Waals surface area contributed by atoms with Gasteiger partial charge in [0, 0.05) is 5.56 Å². The van der Waals surface area contributed by atoms with Crippen LogP contribution in [-0.2, 0) is 10.3 Å². The van der Waals surface area contributed by atoms with Gasteiger partial charge in [-0.15, -0.1) is 0 Å². The molecule has 2 rings (SSSR count). The van der Waals surface area contributed by atoms with Gasteiger partial charge >= 0.3 is 10.3 Å². The van der Waals surface area contributed by atoms with Gasteiger partial charge in [0.2, 0.25) is 0 Å². The van der Waals surface area contributed by atoms with Crippen LogP contribution in [0, 0.1) is 0 Å². The van der Waals surface area contributed by atoms with Gasteiger partial charge in [-0.3, -0.25) is 4.55 Å². The van der Waals surface area contributed by atoms with Gasteiger partial charge in [0.05, 0.1) is 0 Å². The van der Waals surface area contributed by atoms with Gasteiger partial charge in [-0.25, -0.2) is 5.14 Å². The fraction of sp³-hybridized carbons (Fsp3) is 0.111. The summed E-state index contributed by atoms with van der Waals surface area (Å²) in [5.74, 6) is 0.991. The highest BCUT2D eigenvalue weighted by Gasteiger charge is 2.01. The van der Waals surface area contributed by atoms with E-state index in [0.29, 0.717) is 6.61 Å². The van der Waals surface area contributed by atoms with Crippen LogP contribution in [0.2, 0.25) is 0 Å². The van der Waals surface area contributed by atoms with Crippen molar-refractivity contribution in [2.24, 2.45) is 5.14 Å². The highest BCUT2D eigenvalue weighted by Crippen LogP contribution is 2.21. The van der Waals surface area contributed by atoms with Crippen molar-refractivity contribution in [2.75, 3.05) is 6.61 Å². The first-order valence-electron chi connectivity index (χ1n) is 4.10. The minimum absolute atomic E-state index is 0.705. The van der Waals surface area contributed by atoms with Crippen LogP contribution in [0.4, 0.5) is 0 Å². The van der Waals surface area contributed by atoms with E-state index in [1.807, 2.05) is 30.3 Å². The molecule has 3 N–H and O–H groups in total. The Morgan fingerprint density at radius 2 is 1.93 bits per heavy atom. The lowest BCUT2D eigenvalue weighted by atomic mass is 10.1. The molecule has 0 atom stereocenters. The lowest BCUT2D eigenvalue weighted by Gasteiger charge is -2.10. The predicted octanol–water partition coefficient (Wildman–Crippen LogP) is 0.840. The summed E-state index contributed by atoms with van der Waals surface area (Å²) in [7, 11) is -4.17. The Kier molecular flexibility index (Phi) is 3.84. The van der Waals surface area contributed by atoms with Crippen LogP contribution < -0.4 is 9.88 Å². The molecule has 1 heterocycles. The number of hydrogen-bond acceptors (Lipinski definition) is 3. The quantitative estimate of drug-likeness (QED) is 0.645. The average molecular weight is 229 g/mol. The molecule has 0 saturated heterocycles. The summed E-state index contributed by atoms with van der Waals surface area (Å²) in [4.78, 5) is 0. The third kappa shape index (κ3) is 5.16. The average Bonchev–Trinajstić information content (AvgIpc) is 2.16. The highest BCUT2D eigenvalue weighted by molar-refractivity contribution is 7.83. The van der Waals surface area contributed by atoms with Gasteiger partial charge in [0.15, 0.2) is 0 Å². The molecular weight excluding hydrogens is 218 g/mol. The summed E-state index contributed by atoms with van der Waals surface area (Å²) in [6.45, 7) is 0.705. The van der Waals surface area contributed by atoms with E-state index in [-0.39, 0.29) is 0 Å². The summed E-state index contributed by atoms with van der Waals surface area (Å²) >= 11 is 0. The number of hydrogen-bond donors (Lipinski definition) is 2. The van der Waals surface area contributed by atoms with Crippen molar-refractivity contribution < 1.29 is 17.7 Å². The second-order valence-electron chi connectivity index (χ2n) is 2.77. The maximum atomic E-state index is 8.97. The molecule has 1 aliphatic heterocycles. The lowest BCUT2D eigenvalue weighted by Crippen LogP contribution is -2.08. The van der Waals surface area contributed by atoms with Crippen LogP contribution in [0.3, 0.4) is 0 Å². The molecule has 0 aliphatic carbocycles. The molecule has 0 aromatic heterocycles. The Morgan fingerprint density at radius 3 is 2.53 bits per heavy atom. The molecule has 0 amide bonds. The van der Waals surface area contributed by atoms with Crippen LogP contribution in [0.1, 0.15) is 5.56 Å². The van der Waals surface area contributed by atoms with Crippen molar-refractivity contribution >= 4 is 16.4 Å². The summed E-state index contributed by atoms with van der Waals surface area (Å²) in [5.41, 5.74) is 1.17. The second kappa shape index (κ2) is 4.92. The third-order valence-corrected chi connectivity index (χ3v) is 1.55. The minimum Gasteiger partial charge on any atom is -0.489 e. The molecular formula is C9H11NO4S. The van der Waals surface area contributed by atoms with Crippen molar-refractivity contribution in [3.8, 4) is 5.75 Å². The fourth-order valence-corrected chi connectivity index (χ4v) is 1.06. The van der Waals surface area contributed by atoms with Gasteiger partial charge < -0.3 is 4.74 Å². The van der Waals surface area contributed by atoms with E-state index in [4.69, 9.17) is 17.7 Å². The zero-order chi connectivity index (χ0) is 11.3. The van der Waals surface area contributed by atoms with Crippen molar-refractivity contribution in [3.63, 3.8) is 0 Å². The van der Waals surface area contributed by atoms with E-state index < -0.39 is 10.3 Å². The molecule has 1 aromatic carbocycles. The molecule has 5 nitrogen and oxygen atoms in total. The molecule has 82 valence electrons. The molecule has 1 aromatic rings. The van der Waals surface area contributed by atoms with Gasteiger partial charge in [0.1, 0.15) is 12.4 Å². The first-order valence-corrected chi connectivity index (χ1v) is 5.61. The number of fused-ring (bicyclic) bond motifs is 1. The number of ether oxygens (including phenoxy) is 1. The second-order valence-corrected chi connectivity index (χ2v) is 3.80. The molecule has 0 saturated carbocycles. The summed E-state index contributed by atoms with van der Waals surface area (Å²) in [6.07, 6.45) is 4.10. The standard InChI is InChI=1S/C9H8O.H3NO3S/c1-2-6-9-8(4-1)5-3-7-10-9;1-5(2,3)4/h1-6H,7H2;(H3,1,2,3,4). The summed E-state index contributed by atoms with van der Waals surface area (Å²) in [5, 5.41) is 3.88. The molecule has 0 bridgehead atoms. The maximum Gasteiger partial charge on any atom is 0.330 e. The Hall–Kier alpha value is -1.37. The van der Waals surface area contributed by atoms with Crippen molar-refractivity contribution in [1.29, 1.82) is 0 Å². The highest BCUT2D eigenvalue weighted by atomic mass is 32.2. The Morgan fingerprint density at radius 1 is 1.33 bits per heavy atom. The molecule has 1 aliphatic rings. The van der Waals surface area contributed by atoms with Crippen LogP contribution >= 0.6 is 0 Å². The SMILES string of the molecule is C1=Cc2ccccc2OC1.NS(=O)(=O)O. The number of para-hydroxylation sites is 1. The number of nitrogens with two attached hydrogens (primary N) is 1. The zero-order valence-corrected chi connectivity index (χ0v) is 8.65. The number of rotatable bonds is 0. The van der Waals surface area contributed by atoms with Crippen LogP contribution in [-0.4, -0.2) is 19.6 Å². The largest absolute Gasteiger partial charge is 0.489 e. The lowest BCUT2D eigenvalue weighted by molar-refractivity contribution is 0.358. The van der Waals surface area contributed by atoms with Crippen molar-refractivity contribution in [3.05, 3.63) is 35.9 Å². The molecule has 6 heteroatoms. The van der Waals surface area contributed by atoms with Gasteiger partial charge in [-0.2, -0.15) is 8.42 Å². The number of benzene rings is 1. The van der Waals surface area contributed by atoms with Crippen molar-refractivity contribution in [1.82, 2.24) is 0 Å². The fourth-order valence-electron chi connectivity index (χ4n) is 1.06. The zero-order valence-electron chi connectivity index (χ0n) is 7.83. The van der Waals surface area contributed by atoms with Crippen LogP contribution in [0.15, 0.2) is 30.3 Å². The minimum atomic E-state index is -4.17. The van der Waals surface area contributed by atoms with Gasteiger partial charge in [-0.05, 0) is 12.1 Å². The normalized spacial score (nSPS) is 13.2. The predicted molar refractivity (Wildman–Crippen MR) is 56.7 cm³/mol. The smallest absolute Gasteiger partial charge is 0.330 e. The van der Waals surface area contributed by atoms with E-state index in [2.05, 4.69) is 11.2 Å². The monoisotopic (exact) mass is 229 g/mol. The molecule has 0 spiro atoms. The Labute approximate surface area is 88.1 Å².